The van der Waals surface area contributed by atoms with Gasteiger partial charge in [-0.1, -0.05) is 42.0 Å². The van der Waals surface area contributed by atoms with Gasteiger partial charge in [0, 0.05) is 13.6 Å². The average Bonchev–Trinajstić information content (AvgIpc) is 2.90. The van der Waals surface area contributed by atoms with Crippen LogP contribution in [0.15, 0.2) is 76.1 Å². The van der Waals surface area contributed by atoms with E-state index in [0.29, 0.717) is 15.9 Å². The van der Waals surface area contributed by atoms with Gasteiger partial charge in [0.05, 0.1) is 22.2 Å². The highest BCUT2D eigenvalue weighted by Gasteiger charge is 2.32. The van der Waals surface area contributed by atoms with Crippen LogP contribution in [-0.4, -0.2) is 51.9 Å². The molecule has 0 spiro atoms. The molecule has 3 aromatic rings. The number of aryl methyl sites for hydroxylation is 2. The molecule has 0 saturated heterocycles. The predicted octanol–water partition coefficient (Wildman–Crippen LogP) is 4.43. The van der Waals surface area contributed by atoms with Crippen molar-refractivity contribution in [2.75, 3.05) is 25.0 Å². The molecule has 10 heteroatoms. The molecule has 0 heterocycles. The maximum absolute atomic E-state index is 13.9. The number of carbonyl (C=O) groups is 2. The topological polar surface area (TPSA) is 96.0 Å². The molecule has 38 heavy (non-hydrogen) atoms. The molecule has 0 aromatic heterocycles. The molecule has 3 aromatic carbocycles. The average molecular weight is 603 g/mol. The summed E-state index contributed by atoms with van der Waals surface area (Å²) in [5, 5.41) is 2.58. The number of methoxy groups -OCH3 is 1. The lowest BCUT2D eigenvalue weighted by molar-refractivity contribution is -0.139. The third-order valence-electron chi connectivity index (χ3n) is 6.33. The Bertz CT molecular complexity index is 1410. The number of nitrogens with zero attached hydrogens (tertiary/aromatic N) is 2. The van der Waals surface area contributed by atoms with Crippen LogP contribution in [0, 0.1) is 13.8 Å². The smallest absolute Gasteiger partial charge is 0.264 e. The summed E-state index contributed by atoms with van der Waals surface area (Å²) in [6.07, 6.45) is 0. The monoisotopic (exact) mass is 601 g/mol. The Morgan fingerprint density at radius 1 is 1.03 bits per heavy atom. The predicted molar refractivity (Wildman–Crippen MR) is 152 cm³/mol. The van der Waals surface area contributed by atoms with Crippen LogP contribution in [0.5, 0.6) is 5.75 Å². The molecule has 0 saturated carbocycles. The Hall–Kier alpha value is -3.37. The number of rotatable bonds is 10. The number of carbonyl (C=O) groups excluding carboxylic acids is 2. The van der Waals surface area contributed by atoms with E-state index < -0.39 is 28.5 Å². The highest BCUT2D eigenvalue weighted by molar-refractivity contribution is 9.10. The molecule has 202 valence electrons. The maximum Gasteiger partial charge on any atom is 0.264 e. The van der Waals surface area contributed by atoms with E-state index in [1.54, 1.807) is 37.3 Å². The Morgan fingerprint density at radius 3 is 2.26 bits per heavy atom. The molecule has 8 nitrogen and oxygen atoms in total. The van der Waals surface area contributed by atoms with Crippen molar-refractivity contribution in [2.24, 2.45) is 0 Å². The molecule has 0 fully saturated rings. The molecule has 3 rings (SSSR count). The number of nitrogens with one attached hydrogen (secondary N) is 1. The minimum atomic E-state index is -4.18. The van der Waals surface area contributed by atoms with Gasteiger partial charge in [0.2, 0.25) is 11.8 Å². The van der Waals surface area contributed by atoms with E-state index in [-0.39, 0.29) is 17.3 Å². The van der Waals surface area contributed by atoms with Crippen molar-refractivity contribution in [3.05, 3.63) is 87.9 Å². The van der Waals surface area contributed by atoms with Crippen molar-refractivity contribution < 1.29 is 22.7 Å². The number of sulfonamides is 1. The van der Waals surface area contributed by atoms with Gasteiger partial charge in [0.1, 0.15) is 18.3 Å². The summed E-state index contributed by atoms with van der Waals surface area (Å²) in [5.74, 6) is -0.387. The van der Waals surface area contributed by atoms with Crippen LogP contribution in [0.4, 0.5) is 5.69 Å². The van der Waals surface area contributed by atoms with Gasteiger partial charge in [0.15, 0.2) is 0 Å². The summed E-state index contributed by atoms with van der Waals surface area (Å²) in [7, 11) is -1.19. The first-order chi connectivity index (χ1) is 18.0. The van der Waals surface area contributed by atoms with Gasteiger partial charge < -0.3 is 15.0 Å². The van der Waals surface area contributed by atoms with Crippen molar-refractivity contribution in [3.63, 3.8) is 0 Å². The second-order valence-corrected chi connectivity index (χ2v) is 11.6. The van der Waals surface area contributed by atoms with Crippen LogP contribution in [0.1, 0.15) is 23.6 Å². The summed E-state index contributed by atoms with van der Waals surface area (Å²) in [5.41, 5.74) is 3.10. The number of amides is 2. The van der Waals surface area contributed by atoms with Crippen LogP contribution < -0.4 is 14.4 Å². The number of hydrogen-bond acceptors (Lipinski definition) is 5. The molecule has 0 unspecified atom stereocenters. The summed E-state index contributed by atoms with van der Waals surface area (Å²) < 4.78 is 34.6. The Balaban J connectivity index is 2.06. The standard InChI is InChI=1S/C28H32BrN3O5S/c1-19-10-12-23(13-11-19)32(38(35,36)24-14-15-26(37-5)25(29)16-24)18-27(33)31(21(3)28(34)30-4)17-22-9-7-6-8-20(22)2/h6-16,21H,17-18H2,1-5H3,(H,30,34)/t21-/m1/s1. The van der Waals surface area contributed by atoms with Gasteiger partial charge in [-0.25, -0.2) is 8.42 Å². The molecule has 1 atom stereocenters. The maximum atomic E-state index is 13.9. The van der Waals surface area contributed by atoms with Crippen molar-refractivity contribution in [1.29, 1.82) is 0 Å². The van der Waals surface area contributed by atoms with Crippen molar-refractivity contribution in [2.45, 2.75) is 38.3 Å². The second-order valence-electron chi connectivity index (χ2n) is 8.88. The number of likely N-dealkylation sites (N-methyl/N-ethyl adjacent to an activating group) is 1. The third-order valence-corrected chi connectivity index (χ3v) is 8.72. The third kappa shape index (κ3) is 6.54. The minimum Gasteiger partial charge on any atom is -0.496 e. The van der Waals surface area contributed by atoms with Crippen LogP contribution in [0.2, 0.25) is 0 Å². The molecule has 1 N–H and O–H groups in total. The summed E-state index contributed by atoms with van der Waals surface area (Å²) in [4.78, 5) is 27.8. The van der Waals surface area contributed by atoms with Crippen LogP contribution in [-0.2, 0) is 26.2 Å². The fourth-order valence-corrected chi connectivity index (χ4v) is 6.07. The van der Waals surface area contributed by atoms with Gasteiger partial charge in [-0.2, -0.15) is 0 Å². The molecule has 0 radical (unpaired) electrons. The number of benzene rings is 3. The summed E-state index contributed by atoms with van der Waals surface area (Å²) in [6, 6.07) is 18.0. The van der Waals surface area contributed by atoms with Crippen molar-refractivity contribution in [3.8, 4) is 5.75 Å². The first-order valence-corrected chi connectivity index (χ1v) is 14.2. The SMILES string of the molecule is CNC(=O)[C@@H](C)N(Cc1ccccc1C)C(=O)CN(c1ccc(C)cc1)S(=O)(=O)c1ccc(OC)c(Br)c1. The molecule has 0 aliphatic heterocycles. The first kappa shape index (κ1) is 29.2. The van der Waals surface area contributed by atoms with E-state index >= 15 is 0 Å². The van der Waals surface area contributed by atoms with Crippen molar-refractivity contribution in [1.82, 2.24) is 10.2 Å². The molecular formula is C28H32BrN3O5S. The number of ether oxygens (including phenoxy) is 1. The van der Waals surface area contributed by atoms with Gasteiger partial charge in [-0.15, -0.1) is 0 Å². The quantitative estimate of drug-likeness (QED) is 0.371. The van der Waals surface area contributed by atoms with E-state index in [2.05, 4.69) is 21.2 Å². The highest BCUT2D eigenvalue weighted by Crippen LogP contribution is 2.31. The molecule has 2 amide bonds. The number of halogens is 1. The lowest BCUT2D eigenvalue weighted by Gasteiger charge is -2.32. The zero-order valence-electron chi connectivity index (χ0n) is 22.1. The molecular weight excluding hydrogens is 570 g/mol. The summed E-state index contributed by atoms with van der Waals surface area (Å²) in [6.45, 7) is 5.09. The minimum absolute atomic E-state index is 0.0108. The first-order valence-electron chi connectivity index (χ1n) is 12.0. The fraction of sp³-hybridized carbons (Fsp3) is 0.286. The van der Waals surface area contributed by atoms with Crippen LogP contribution >= 0.6 is 15.9 Å². The van der Waals surface area contributed by atoms with E-state index in [9.17, 15) is 18.0 Å². The molecule has 0 aliphatic carbocycles. The Morgan fingerprint density at radius 2 is 1.68 bits per heavy atom. The second kappa shape index (κ2) is 12.4. The van der Waals surface area contributed by atoms with Gasteiger partial charge in [-0.05, 0) is 78.2 Å². The Kier molecular flexibility index (Phi) is 9.56. The van der Waals surface area contributed by atoms with Crippen molar-refractivity contribution >= 4 is 43.5 Å². The number of anilines is 1. The normalized spacial score (nSPS) is 11.9. The lowest BCUT2D eigenvalue weighted by Crippen LogP contribution is -2.50. The van der Waals surface area contributed by atoms with Gasteiger partial charge >= 0.3 is 0 Å². The van der Waals surface area contributed by atoms with E-state index in [0.717, 1.165) is 21.0 Å². The van der Waals surface area contributed by atoms with E-state index in [1.165, 1.54) is 31.2 Å². The zero-order valence-corrected chi connectivity index (χ0v) is 24.5. The fourth-order valence-electron chi connectivity index (χ4n) is 3.94. The lowest BCUT2D eigenvalue weighted by atomic mass is 10.1. The Labute approximate surface area is 232 Å². The summed E-state index contributed by atoms with van der Waals surface area (Å²) >= 11 is 3.35. The largest absolute Gasteiger partial charge is 0.496 e. The molecule has 0 bridgehead atoms. The van der Waals surface area contributed by atoms with Gasteiger partial charge in [-0.3, -0.25) is 13.9 Å². The van der Waals surface area contributed by atoms with E-state index in [4.69, 9.17) is 4.74 Å². The van der Waals surface area contributed by atoms with Gasteiger partial charge in [0.25, 0.3) is 10.0 Å². The number of hydrogen-bond donors (Lipinski definition) is 1. The zero-order chi connectivity index (χ0) is 28.0. The molecule has 0 aliphatic rings. The van der Waals surface area contributed by atoms with Crippen LogP contribution in [0.3, 0.4) is 0 Å². The van der Waals surface area contributed by atoms with E-state index in [1.807, 2.05) is 38.1 Å². The highest BCUT2D eigenvalue weighted by atomic mass is 79.9. The van der Waals surface area contributed by atoms with Crippen LogP contribution in [0.25, 0.3) is 0 Å².